The van der Waals surface area contributed by atoms with E-state index in [1.165, 1.54) is 95.5 Å². The second-order valence-electron chi connectivity index (χ2n) is 14.6. The molecule has 0 fully saturated rings. The molecule has 5 rings (SSSR count). The number of hydrogen-bond acceptors (Lipinski definition) is 7. The van der Waals surface area contributed by atoms with E-state index in [1.54, 1.807) is 40.9 Å². The first kappa shape index (κ1) is 41.0. The van der Waals surface area contributed by atoms with Crippen molar-refractivity contribution in [1.29, 1.82) is 0 Å². The molecule has 286 valence electrons. The molecule has 4 nitrogen and oxygen atoms in total. The van der Waals surface area contributed by atoms with Gasteiger partial charge in [0, 0.05) is 35.2 Å². The number of thiophene rings is 3. The minimum absolute atomic E-state index is 0.492. The lowest BCUT2D eigenvalue weighted by Crippen LogP contribution is -2.00. The zero-order valence-electron chi connectivity index (χ0n) is 32.7. The summed E-state index contributed by atoms with van der Waals surface area (Å²) in [6.45, 7) is 14.3. The Balaban J connectivity index is 1.59. The first-order valence-corrected chi connectivity index (χ1v) is 24.2. The number of rotatable bonds is 24. The van der Waals surface area contributed by atoms with Crippen molar-refractivity contribution in [2.75, 3.05) is 13.2 Å². The second-order valence-corrected chi connectivity index (χ2v) is 20.0. The van der Waals surface area contributed by atoms with Crippen molar-refractivity contribution < 1.29 is 17.9 Å². The normalized spacial score (nSPS) is 14.3. The van der Waals surface area contributed by atoms with Gasteiger partial charge in [-0.15, -0.1) is 34.0 Å². The van der Waals surface area contributed by atoms with Crippen LogP contribution in [0.2, 0.25) is 0 Å². The fraction of sp³-hybridized carbons (Fsp3) is 0.591. The molecule has 0 bridgehead atoms. The summed E-state index contributed by atoms with van der Waals surface area (Å²) in [6.07, 6.45) is 22.3. The Bertz CT molecular complexity index is 1870. The molecule has 3 aromatic heterocycles. The molecule has 0 N–H and O–H groups in total. The second kappa shape index (κ2) is 20.0. The topological polar surface area (TPSA) is 52.6 Å². The van der Waals surface area contributed by atoms with Crippen molar-refractivity contribution >= 4 is 68.9 Å². The van der Waals surface area contributed by atoms with Crippen LogP contribution in [-0.2, 0) is 16.3 Å². The molecule has 0 atom stereocenters. The van der Waals surface area contributed by atoms with Crippen LogP contribution in [0.5, 0.6) is 11.5 Å². The van der Waals surface area contributed by atoms with Gasteiger partial charge in [0.1, 0.15) is 11.5 Å². The van der Waals surface area contributed by atoms with Gasteiger partial charge in [0.2, 0.25) is 9.84 Å². The number of fused-ring (bicyclic) bond motifs is 2. The fourth-order valence-electron chi connectivity index (χ4n) is 7.18. The van der Waals surface area contributed by atoms with E-state index in [1.807, 2.05) is 6.08 Å². The van der Waals surface area contributed by atoms with Crippen molar-refractivity contribution in [2.45, 2.75) is 157 Å². The molecule has 1 aliphatic heterocycles. The molecule has 4 aromatic rings. The lowest BCUT2D eigenvalue weighted by atomic mass is 10.0. The van der Waals surface area contributed by atoms with Crippen LogP contribution in [0.3, 0.4) is 0 Å². The molecule has 0 spiro atoms. The maximum atomic E-state index is 13.9. The molecule has 0 unspecified atom stereocenters. The highest BCUT2D eigenvalue weighted by molar-refractivity contribution is 8.04. The Kier molecular flexibility index (Phi) is 15.8. The van der Waals surface area contributed by atoms with Gasteiger partial charge in [-0.1, -0.05) is 105 Å². The van der Waals surface area contributed by atoms with Crippen molar-refractivity contribution in [2.24, 2.45) is 0 Å². The zero-order valence-corrected chi connectivity index (χ0v) is 36.0. The highest BCUT2D eigenvalue weighted by Gasteiger charge is 2.32. The highest BCUT2D eigenvalue weighted by atomic mass is 32.2. The van der Waals surface area contributed by atoms with Gasteiger partial charge in [-0.05, 0) is 87.8 Å². The molecule has 0 amide bonds. The summed E-state index contributed by atoms with van der Waals surface area (Å²) in [5, 5.41) is 2.28. The van der Waals surface area contributed by atoms with E-state index in [0.29, 0.717) is 23.0 Å². The average Bonchev–Trinajstić information content (AvgIpc) is 3.90. The summed E-state index contributed by atoms with van der Waals surface area (Å²) >= 11 is 5.25. The maximum Gasteiger partial charge on any atom is 0.204 e. The molecule has 52 heavy (non-hydrogen) atoms. The van der Waals surface area contributed by atoms with Gasteiger partial charge in [-0.3, -0.25) is 0 Å². The number of sulfone groups is 1. The molecule has 4 heterocycles. The van der Waals surface area contributed by atoms with Crippen LogP contribution in [0, 0.1) is 6.92 Å². The van der Waals surface area contributed by atoms with Crippen LogP contribution in [0.4, 0.5) is 0 Å². The minimum Gasteiger partial charge on any atom is -0.491 e. The number of benzene rings is 1. The van der Waals surface area contributed by atoms with Gasteiger partial charge in [-0.25, -0.2) is 8.42 Å². The first-order chi connectivity index (χ1) is 25.2. The quantitative estimate of drug-likeness (QED) is 0.0664. The number of unbranched alkanes of at least 4 members (excludes halogenated alkanes) is 12. The zero-order chi connectivity index (χ0) is 37.1. The van der Waals surface area contributed by atoms with E-state index in [2.05, 4.69) is 52.8 Å². The van der Waals surface area contributed by atoms with E-state index in [0.717, 1.165) is 82.4 Å². The van der Waals surface area contributed by atoms with Crippen molar-refractivity contribution in [1.82, 2.24) is 0 Å². The molecule has 1 aliphatic rings. The van der Waals surface area contributed by atoms with Crippen LogP contribution in [-0.4, -0.2) is 21.6 Å². The summed E-state index contributed by atoms with van der Waals surface area (Å²) < 4.78 is 43.6. The van der Waals surface area contributed by atoms with Crippen LogP contribution in [0.15, 0.2) is 34.8 Å². The minimum atomic E-state index is -3.50. The van der Waals surface area contributed by atoms with Gasteiger partial charge in [0.05, 0.1) is 27.5 Å². The molecule has 0 aliphatic carbocycles. The Morgan fingerprint density at radius 3 is 1.71 bits per heavy atom. The SMILES string of the molecule is CCCCCCOc1c2cc(-c3sc(C4=CC(CCCCCC)=C(C)S4(=O)=O)cc3CCCCCC)sc2c(OCCCCCC)c2cc(C)sc12. The van der Waals surface area contributed by atoms with E-state index in [-0.39, 0.29) is 0 Å². The number of aryl methyl sites for hydroxylation is 2. The molecule has 0 radical (unpaired) electrons. The van der Waals surface area contributed by atoms with Crippen molar-refractivity contribution in [3.05, 3.63) is 50.1 Å². The third kappa shape index (κ3) is 9.75. The molecule has 0 saturated heterocycles. The molecule has 1 aromatic carbocycles. The van der Waals surface area contributed by atoms with Crippen LogP contribution in [0.1, 0.15) is 159 Å². The summed E-state index contributed by atoms with van der Waals surface area (Å²) in [4.78, 5) is 5.54. The summed E-state index contributed by atoms with van der Waals surface area (Å²) in [5.74, 6) is 1.96. The third-order valence-corrected chi connectivity index (χ3v) is 16.0. The average molecular weight is 783 g/mol. The fourth-order valence-corrected chi connectivity index (χ4v) is 12.5. The van der Waals surface area contributed by atoms with E-state index < -0.39 is 9.84 Å². The first-order valence-electron chi connectivity index (χ1n) is 20.3. The Hall–Kier alpha value is -2.13. The predicted octanol–water partition coefficient (Wildman–Crippen LogP) is 15.2. The van der Waals surface area contributed by atoms with Crippen molar-refractivity contribution in [3.8, 4) is 21.3 Å². The maximum absolute atomic E-state index is 13.9. The van der Waals surface area contributed by atoms with Crippen molar-refractivity contribution in [3.63, 3.8) is 0 Å². The Labute approximate surface area is 326 Å². The molecular formula is C44H62O4S4. The lowest BCUT2D eigenvalue weighted by molar-refractivity contribution is 0.307. The van der Waals surface area contributed by atoms with Gasteiger partial charge < -0.3 is 9.47 Å². The molecule has 0 saturated carbocycles. The Morgan fingerprint density at radius 2 is 1.12 bits per heavy atom. The third-order valence-electron chi connectivity index (χ3n) is 10.3. The summed E-state index contributed by atoms with van der Waals surface area (Å²) in [6, 6.07) is 6.80. The lowest BCUT2D eigenvalue weighted by Gasteiger charge is -2.13. The number of hydrogen-bond donors (Lipinski definition) is 0. The molecular weight excluding hydrogens is 721 g/mol. The largest absolute Gasteiger partial charge is 0.491 e. The number of allylic oxidation sites excluding steroid dienone is 3. The highest BCUT2D eigenvalue weighted by Crippen LogP contribution is 2.53. The van der Waals surface area contributed by atoms with E-state index in [4.69, 9.17) is 9.47 Å². The Morgan fingerprint density at radius 1 is 0.577 bits per heavy atom. The van der Waals surface area contributed by atoms with E-state index in [9.17, 15) is 8.42 Å². The molecule has 8 heteroatoms. The monoisotopic (exact) mass is 782 g/mol. The summed E-state index contributed by atoms with van der Waals surface area (Å²) in [5.41, 5.74) is 2.25. The van der Waals surface area contributed by atoms with Crippen LogP contribution < -0.4 is 9.47 Å². The van der Waals surface area contributed by atoms with Gasteiger partial charge in [-0.2, -0.15) is 0 Å². The van der Waals surface area contributed by atoms with Gasteiger partial charge in [0.15, 0.2) is 0 Å². The number of ether oxygens (including phenoxy) is 2. The smallest absolute Gasteiger partial charge is 0.204 e. The summed E-state index contributed by atoms with van der Waals surface area (Å²) in [7, 11) is -3.50. The standard InChI is InChI=1S/C44H62O4S4/c1-7-11-15-19-23-33-29-39(52(45,46)32(33)6)37-28-34(24-20-16-12-8-2)42(50-37)38-30-36-41(48-26-22-18-14-10-4)43-35(27-31(5)49-43)40(44(36)51-38)47-25-21-17-13-9-3/h27-30H,7-26H2,1-6H3. The van der Waals surface area contributed by atoms with Gasteiger partial charge in [0.25, 0.3) is 0 Å². The van der Waals surface area contributed by atoms with Gasteiger partial charge >= 0.3 is 0 Å². The van der Waals surface area contributed by atoms with E-state index >= 15 is 0 Å². The van der Waals surface area contributed by atoms with Crippen LogP contribution >= 0.6 is 34.0 Å². The van der Waals surface area contributed by atoms with Crippen LogP contribution in [0.25, 0.3) is 34.8 Å². The predicted molar refractivity (Wildman–Crippen MR) is 231 cm³/mol.